The molecule has 0 radical (unpaired) electrons. The van der Waals surface area contributed by atoms with Gasteiger partial charge in [-0.15, -0.1) is 6.58 Å². The minimum atomic E-state index is -0.465. The number of aliphatic hydroxyl groups excluding tert-OH is 1. The smallest absolute Gasteiger partial charge is 0.184 e. The Balaban J connectivity index is 1.41. The van der Waals surface area contributed by atoms with Gasteiger partial charge in [-0.05, 0) is 46.7 Å². The second-order valence-electron chi connectivity index (χ2n) is 11.0. The SMILES string of the molecule is C=CCN(C[C@@H]1O[C@H](c2ccc(-c3cccc(CN)c3)cc2)O[C@H](c2ccc(CO)cc2)[C@@H]1C)C1CCCC1. The highest BCUT2D eigenvalue weighted by molar-refractivity contribution is 5.64. The Labute approximate surface area is 233 Å². The molecule has 4 atom stereocenters. The lowest BCUT2D eigenvalue weighted by atomic mass is 9.89. The van der Waals surface area contributed by atoms with Gasteiger partial charge in [0.2, 0.25) is 0 Å². The zero-order valence-electron chi connectivity index (χ0n) is 23.0. The van der Waals surface area contributed by atoms with Gasteiger partial charge in [-0.25, -0.2) is 0 Å². The summed E-state index contributed by atoms with van der Waals surface area (Å²) < 4.78 is 13.4. The molecule has 0 spiro atoms. The highest BCUT2D eigenvalue weighted by Gasteiger charge is 2.40. The van der Waals surface area contributed by atoms with Gasteiger partial charge in [-0.2, -0.15) is 0 Å². The second-order valence-corrected chi connectivity index (χ2v) is 11.0. The van der Waals surface area contributed by atoms with Gasteiger partial charge in [0.1, 0.15) is 0 Å². The molecule has 3 aromatic rings. The van der Waals surface area contributed by atoms with Crippen LogP contribution in [0, 0.1) is 5.92 Å². The van der Waals surface area contributed by atoms with Crippen LogP contribution in [-0.2, 0) is 22.6 Å². The Morgan fingerprint density at radius 1 is 0.923 bits per heavy atom. The summed E-state index contributed by atoms with van der Waals surface area (Å²) in [6.45, 7) is 8.56. The minimum Gasteiger partial charge on any atom is -0.392 e. The Morgan fingerprint density at radius 3 is 2.31 bits per heavy atom. The van der Waals surface area contributed by atoms with Gasteiger partial charge in [0, 0.05) is 37.2 Å². The first-order valence-corrected chi connectivity index (χ1v) is 14.3. The van der Waals surface area contributed by atoms with Crippen molar-refractivity contribution in [2.75, 3.05) is 13.1 Å². The van der Waals surface area contributed by atoms with Crippen LogP contribution in [0.15, 0.2) is 85.5 Å². The van der Waals surface area contributed by atoms with Gasteiger partial charge in [-0.3, -0.25) is 4.90 Å². The predicted molar refractivity (Wildman–Crippen MR) is 157 cm³/mol. The molecule has 0 unspecified atom stereocenters. The third kappa shape index (κ3) is 6.51. The van der Waals surface area contributed by atoms with E-state index in [1.165, 1.54) is 25.7 Å². The first-order chi connectivity index (χ1) is 19.1. The molecule has 5 nitrogen and oxygen atoms in total. The summed E-state index contributed by atoms with van der Waals surface area (Å²) >= 11 is 0. The lowest BCUT2D eigenvalue weighted by molar-refractivity contribution is -0.276. The second kappa shape index (κ2) is 13.0. The molecule has 2 aliphatic rings. The van der Waals surface area contributed by atoms with Crippen LogP contribution in [0.2, 0.25) is 0 Å². The van der Waals surface area contributed by atoms with Crippen molar-refractivity contribution in [3.63, 3.8) is 0 Å². The number of nitrogens with zero attached hydrogens (tertiary/aromatic N) is 1. The van der Waals surface area contributed by atoms with Crippen molar-refractivity contribution in [3.8, 4) is 11.1 Å². The van der Waals surface area contributed by atoms with Crippen molar-refractivity contribution in [2.24, 2.45) is 11.7 Å². The lowest BCUT2D eigenvalue weighted by Crippen LogP contribution is -2.47. The van der Waals surface area contributed by atoms with Crippen molar-refractivity contribution >= 4 is 0 Å². The maximum atomic E-state index is 9.54. The van der Waals surface area contributed by atoms with Gasteiger partial charge in [0.05, 0.1) is 18.8 Å². The predicted octanol–water partition coefficient (Wildman–Crippen LogP) is 6.53. The first kappa shape index (κ1) is 27.8. The summed E-state index contributed by atoms with van der Waals surface area (Å²) in [6.07, 6.45) is 6.53. The van der Waals surface area contributed by atoms with Crippen LogP contribution in [0.5, 0.6) is 0 Å². The van der Waals surface area contributed by atoms with E-state index in [1.54, 1.807) is 0 Å². The Morgan fingerprint density at radius 2 is 1.64 bits per heavy atom. The molecule has 206 valence electrons. The van der Waals surface area contributed by atoms with Crippen molar-refractivity contribution in [1.29, 1.82) is 0 Å². The fraction of sp³-hybridized carbons (Fsp3) is 0.412. The Kier molecular flexibility index (Phi) is 9.28. The van der Waals surface area contributed by atoms with E-state index in [2.05, 4.69) is 79.1 Å². The van der Waals surface area contributed by atoms with Crippen molar-refractivity contribution in [1.82, 2.24) is 4.90 Å². The molecule has 0 amide bonds. The van der Waals surface area contributed by atoms with E-state index in [0.717, 1.165) is 46.5 Å². The quantitative estimate of drug-likeness (QED) is 0.294. The van der Waals surface area contributed by atoms with E-state index in [9.17, 15) is 5.11 Å². The maximum Gasteiger partial charge on any atom is 0.184 e. The third-order valence-electron chi connectivity index (χ3n) is 8.42. The maximum absolute atomic E-state index is 9.54. The van der Waals surface area contributed by atoms with E-state index in [-0.39, 0.29) is 24.7 Å². The molecule has 2 fully saturated rings. The van der Waals surface area contributed by atoms with E-state index >= 15 is 0 Å². The molecule has 0 aromatic heterocycles. The zero-order valence-corrected chi connectivity index (χ0v) is 23.0. The van der Waals surface area contributed by atoms with Gasteiger partial charge < -0.3 is 20.3 Å². The average Bonchev–Trinajstić information content (AvgIpc) is 3.53. The summed E-state index contributed by atoms with van der Waals surface area (Å²) in [5, 5.41) is 9.54. The number of aliphatic hydroxyl groups is 1. The molecule has 1 heterocycles. The summed E-state index contributed by atoms with van der Waals surface area (Å²) in [5.74, 6) is 0.160. The molecule has 5 heteroatoms. The first-order valence-electron chi connectivity index (χ1n) is 14.3. The highest BCUT2D eigenvalue weighted by Crippen LogP contribution is 2.42. The molecular formula is C34H42N2O3. The number of rotatable bonds is 10. The van der Waals surface area contributed by atoms with Crippen LogP contribution in [0.1, 0.15) is 67.3 Å². The number of benzene rings is 3. The van der Waals surface area contributed by atoms with Crippen molar-refractivity contribution < 1.29 is 14.6 Å². The summed E-state index contributed by atoms with van der Waals surface area (Å²) in [7, 11) is 0. The lowest BCUT2D eigenvalue weighted by Gasteiger charge is -2.43. The fourth-order valence-electron chi connectivity index (χ4n) is 6.08. The number of hydrogen-bond donors (Lipinski definition) is 2. The van der Waals surface area contributed by atoms with Crippen LogP contribution in [0.4, 0.5) is 0 Å². The summed E-state index contributed by atoms with van der Waals surface area (Å²) in [4.78, 5) is 2.56. The number of ether oxygens (including phenoxy) is 2. The molecule has 39 heavy (non-hydrogen) atoms. The van der Waals surface area contributed by atoms with E-state index < -0.39 is 6.29 Å². The van der Waals surface area contributed by atoms with Crippen LogP contribution >= 0.6 is 0 Å². The standard InChI is InChI=1S/C34H42N2O3/c1-3-19-36(31-9-4-5-10-31)22-32-24(2)33(28-13-11-25(23-37)12-14-28)39-34(38-32)29-17-15-27(16-18-29)30-8-6-7-26(20-30)21-35/h3,6-8,11-18,20,24,31-34,37H,1,4-5,9-10,19,21-23,35H2,2H3/t24-,32+,33+,34+/m1/s1. The molecule has 1 saturated carbocycles. The van der Waals surface area contributed by atoms with Crippen molar-refractivity contribution in [2.45, 2.75) is 70.3 Å². The number of hydrogen-bond acceptors (Lipinski definition) is 5. The van der Waals surface area contributed by atoms with Crippen molar-refractivity contribution in [3.05, 3.63) is 108 Å². The van der Waals surface area contributed by atoms with Gasteiger partial charge in [-0.1, -0.05) is 92.6 Å². The van der Waals surface area contributed by atoms with Crippen LogP contribution < -0.4 is 5.73 Å². The molecule has 1 aliphatic heterocycles. The monoisotopic (exact) mass is 526 g/mol. The molecule has 0 bridgehead atoms. The zero-order chi connectivity index (χ0) is 27.2. The Bertz CT molecular complexity index is 1200. The van der Waals surface area contributed by atoms with E-state index in [1.807, 2.05) is 18.2 Å². The molecule has 1 saturated heterocycles. The van der Waals surface area contributed by atoms with E-state index in [4.69, 9.17) is 15.2 Å². The topological polar surface area (TPSA) is 68.0 Å². The third-order valence-corrected chi connectivity index (χ3v) is 8.42. The largest absolute Gasteiger partial charge is 0.392 e. The summed E-state index contributed by atoms with van der Waals surface area (Å²) in [6, 6.07) is 25.6. The van der Waals surface area contributed by atoms with Gasteiger partial charge in [0.25, 0.3) is 0 Å². The number of nitrogens with two attached hydrogens (primary N) is 1. The molecule has 3 aromatic carbocycles. The van der Waals surface area contributed by atoms with Gasteiger partial charge >= 0.3 is 0 Å². The normalized spacial score (nSPS) is 23.8. The summed E-state index contributed by atoms with van der Waals surface area (Å²) in [5.41, 5.74) is 12.3. The van der Waals surface area contributed by atoms with Crippen LogP contribution in [-0.4, -0.2) is 35.2 Å². The van der Waals surface area contributed by atoms with Crippen LogP contribution in [0.25, 0.3) is 11.1 Å². The molecular weight excluding hydrogens is 484 g/mol. The molecule has 5 rings (SSSR count). The molecule has 1 aliphatic carbocycles. The molecule has 3 N–H and O–H groups in total. The Hall–Kier alpha value is -2.80. The fourth-order valence-corrected chi connectivity index (χ4v) is 6.08. The average molecular weight is 527 g/mol. The van der Waals surface area contributed by atoms with Gasteiger partial charge in [0.15, 0.2) is 6.29 Å². The minimum absolute atomic E-state index is 0.00716. The highest BCUT2D eigenvalue weighted by atomic mass is 16.7. The van der Waals surface area contributed by atoms with Crippen LogP contribution in [0.3, 0.4) is 0 Å². The van der Waals surface area contributed by atoms with E-state index in [0.29, 0.717) is 12.6 Å².